The first-order valence-corrected chi connectivity index (χ1v) is 9.44. The Balaban J connectivity index is 1.75. The molecule has 0 radical (unpaired) electrons. The van der Waals surface area contributed by atoms with Crippen LogP contribution in [0.25, 0.3) is 11.4 Å². The van der Waals surface area contributed by atoms with Crippen LogP contribution in [-0.4, -0.2) is 29.8 Å². The van der Waals surface area contributed by atoms with Gasteiger partial charge in [0.1, 0.15) is 5.03 Å². The summed E-state index contributed by atoms with van der Waals surface area (Å²) >= 11 is 1.46. The Morgan fingerprint density at radius 1 is 1.08 bits per heavy atom. The predicted octanol–water partition coefficient (Wildman–Crippen LogP) is 2.78. The van der Waals surface area contributed by atoms with E-state index in [9.17, 15) is 0 Å². The van der Waals surface area contributed by atoms with Gasteiger partial charge in [-0.25, -0.2) is 14.6 Å². The van der Waals surface area contributed by atoms with Crippen molar-refractivity contribution in [1.82, 2.24) is 29.8 Å². The normalized spacial score (nSPS) is 13.8. The van der Waals surface area contributed by atoms with Crippen LogP contribution < -0.4 is 5.84 Å². The van der Waals surface area contributed by atoms with Gasteiger partial charge in [-0.3, -0.25) is 4.98 Å². The van der Waals surface area contributed by atoms with Crippen LogP contribution >= 0.6 is 11.8 Å². The standard InChI is InChI=1S/C18H21N7S/c1-18(2,3)16-23-24-17(25(16)19)26-15-12-5-4-6-13(12)21-14(22-15)11-7-9-20-10-8-11/h7-10H,4-6,19H2,1-3H3. The molecule has 0 unspecified atom stereocenters. The lowest BCUT2D eigenvalue weighted by Gasteiger charge is -2.16. The molecule has 1 aliphatic carbocycles. The number of rotatable bonds is 3. The van der Waals surface area contributed by atoms with Gasteiger partial charge in [0.15, 0.2) is 11.6 Å². The molecule has 0 aliphatic heterocycles. The van der Waals surface area contributed by atoms with E-state index >= 15 is 0 Å². The number of hydrogen-bond acceptors (Lipinski definition) is 7. The molecular formula is C18H21N7S. The van der Waals surface area contributed by atoms with Gasteiger partial charge < -0.3 is 5.84 Å². The molecule has 3 heterocycles. The Morgan fingerprint density at radius 3 is 2.54 bits per heavy atom. The molecule has 7 nitrogen and oxygen atoms in total. The smallest absolute Gasteiger partial charge is 0.216 e. The summed E-state index contributed by atoms with van der Waals surface area (Å²) in [6.07, 6.45) is 6.57. The van der Waals surface area contributed by atoms with Crippen molar-refractivity contribution in [2.24, 2.45) is 0 Å². The fraction of sp³-hybridized carbons (Fsp3) is 0.389. The van der Waals surface area contributed by atoms with Gasteiger partial charge in [0.05, 0.1) is 0 Å². The Morgan fingerprint density at radius 2 is 1.85 bits per heavy atom. The van der Waals surface area contributed by atoms with Crippen molar-refractivity contribution in [1.29, 1.82) is 0 Å². The first-order valence-electron chi connectivity index (χ1n) is 8.62. The van der Waals surface area contributed by atoms with Crippen LogP contribution in [0.1, 0.15) is 44.3 Å². The topological polar surface area (TPSA) is 95.4 Å². The third kappa shape index (κ3) is 3.05. The van der Waals surface area contributed by atoms with E-state index in [1.807, 2.05) is 12.1 Å². The molecule has 3 aromatic heterocycles. The maximum Gasteiger partial charge on any atom is 0.216 e. The Hall–Kier alpha value is -2.48. The number of hydrogen-bond donors (Lipinski definition) is 1. The molecule has 26 heavy (non-hydrogen) atoms. The monoisotopic (exact) mass is 367 g/mol. The molecule has 0 saturated carbocycles. The van der Waals surface area contributed by atoms with Crippen molar-refractivity contribution in [2.75, 3.05) is 5.84 Å². The van der Waals surface area contributed by atoms with Gasteiger partial charge in [-0.05, 0) is 43.2 Å². The van der Waals surface area contributed by atoms with Gasteiger partial charge >= 0.3 is 0 Å². The van der Waals surface area contributed by atoms with Crippen molar-refractivity contribution in [3.05, 3.63) is 41.6 Å². The van der Waals surface area contributed by atoms with Crippen LogP contribution in [-0.2, 0) is 18.3 Å². The van der Waals surface area contributed by atoms with Crippen LogP contribution in [0.3, 0.4) is 0 Å². The average Bonchev–Trinajstić information content (AvgIpc) is 3.22. The van der Waals surface area contributed by atoms with Crippen molar-refractivity contribution in [2.45, 2.75) is 55.6 Å². The van der Waals surface area contributed by atoms with Gasteiger partial charge in [0.25, 0.3) is 0 Å². The lowest BCUT2D eigenvalue weighted by Crippen LogP contribution is -2.24. The molecule has 0 aromatic carbocycles. The summed E-state index contributed by atoms with van der Waals surface area (Å²) in [6.45, 7) is 6.20. The molecular weight excluding hydrogens is 346 g/mol. The summed E-state index contributed by atoms with van der Waals surface area (Å²) < 4.78 is 1.57. The van der Waals surface area contributed by atoms with Crippen LogP contribution in [0, 0.1) is 0 Å². The SMILES string of the molecule is CC(C)(C)c1nnc(Sc2nc(-c3ccncc3)nc3c2CCC3)n1N. The summed E-state index contributed by atoms with van der Waals surface area (Å²) in [5, 5.41) is 10.1. The van der Waals surface area contributed by atoms with Crippen molar-refractivity contribution >= 4 is 11.8 Å². The predicted molar refractivity (Wildman–Crippen MR) is 100 cm³/mol. The summed E-state index contributed by atoms with van der Waals surface area (Å²) in [6, 6.07) is 3.85. The lowest BCUT2D eigenvalue weighted by atomic mass is 9.96. The number of pyridine rings is 1. The van der Waals surface area contributed by atoms with E-state index in [0.29, 0.717) is 5.16 Å². The van der Waals surface area contributed by atoms with Crippen molar-refractivity contribution < 1.29 is 0 Å². The molecule has 134 valence electrons. The fourth-order valence-corrected chi connectivity index (χ4v) is 3.97. The molecule has 3 aromatic rings. The number of aromatic nitrogens is 6. The molecule has 0 fully saturated rings. The quantitative estimate of drug-likeness (QED) is 0.562. The van der Waals surface area contributed by atoms with Crippen LogP contribution in [0.15, 0.2) is 34.7 Å². The van der Waals surface area contributed by atoms with Gasteiger partial charge in [0.2, 0.25) is 5.16 Å². The van der Waals surface area contributed by atoms with E-state index < -0.39 is 0 Å². The Labute approximate surface area is 156 Å². The summed E-state index contributed by atoms with van der Waals surface area (Å²) in [4.78, 5) is 13.6. The molecule has 1 aliphatic rings. The fourth-order valence-electron chi connectivity index (χ4n) is 3.06. The van der Waals surface area contributed by atoms with E-state index in [1.54, 1.807) is 17.1 Å². The van der Waals surface area contributed by atoms with Crippen LogP contribution in [0.4, 0.5) is 0 Å². The zero-order chi connectivity index (χ0) is 18.3. The third-order valence-electron chi connectivity index (χ3n) is 4.36. The van der Waals surface area contributed by atoms with Crippen molar-refractivity contribution in [3.8, 4) is 11.4 Å². The number of nitrogens with two attached hydrogens (primary N) is 1. The van der Waals surface area contributed by atoms with E-state index in [4.69, 9.17) is 15.8 Å². The highest BCUT2D eigenvalue weighted by Crippen LogP contribution is 2.35. The molecule has 0 amide bonds. The number of nitrogens with zero attached hydrogens (tertiary/aromatic N) is 6. The maximum absolute atomic E-state index is 6.25. The second-order valence-electron chi connectivity index (χ2n) is 7.40. The Kier molecular flexibility index (Phi) is 4.14. The van der Waals surface area contributed by atoms with E-state index in [-0.39, 0.29) is 5.41 Å². The molecule has 4 rings (SSSR count). The highest BCUT2D eigenvalue weighted by Gasteiger charge is 2.26. The van der Waals surface area contributed by atoms with Gasteiger partial charge in [-0.2, -0.15) is 0 Å². The molecule has 2 N–H and O–H groups in total. The zero-order valence-electron chi connectivity index (χ0n) is 15.1. The molecule has 0 atom stereocenters. The second kappa shape index (κ2) is 6.35. The average molecular weight is 367 g/mol. The first kappa shape index (κ1) is 17.0. The maximum atomic E-state index is 6.25. The van der Waals surface area contributed by atoms with E-state index in [2.05, 4.69) is 36.0 Å². The minimum absolute atomic E-state index is 0.170. The number of aryl methyl sites for hydroxylation is 1. The van der Waals surface area contributed by atoms with E-state index in [1.165, 1.54) is 17.3 Å². The zero-order valence-corrected chi connectivity index (χ0v) is 15.9. The largest absolute Gasteiger partial charge is 0.336 e. The first-order chi connectivity index (χ1) is 12.4. The summed E-state index contributed by atoms with van der Waals surface area (Å²) in [7, 11) is 0. The molecule has 0 bridgehead atoms. The second-order valence-corrected chi connectivity index (χ2v) is 8.35. The molecule has 8 heteroatoms. The van der Waals surface area contributed by atoms with Crippen LogP contribution in [0.5, 0.6) is 0 Å². The summed E-state index contributed by atoms with van der Waals surface area (Å²) in [5.41, 5.74) is 3.11. The number of fused-ring (bicyclic) bond motifs is 1. The highest BCUT2D eigenvalue weighted by atomic mass is 32.2. The Bertz CT molecular complexity index is 944. The lowest BCUT2D eigenvalue weighted by molar-refractivity contribution is 0.523. The van der Waals surface area contributed by atoms with Gasteiger partial charge in [-0.15, -0.1) is 10.2 Å². The van der Waals surface area contributed by atoms with Gasteiger partial charge in [0, 0.05) is 34.6 Å². The van der Waals surface area contributed by atoms with Crippen molar-refractivity contribution in [3.63, 3.8) is 0 Å². The molecule has 0 spiro atoms. The molecule has 0 saturated heterocycles. The highest BCUT2D eigenvalue weighted by molar-refractivity contribution is 7.99. The minimum atomic E-state index is -0.170. The minimum Gasteiger partial charge on any atom is -0.336 e. The third-order valence-corrected chi connectivity index (χ3v) is 5.35. The number of nitrogen functional groups attached to an aromatic ring is 1. The van der Waals surface area contributed by atoms with E-state index in [0.717, 1.165) is 47.2 Å². The summed E-state index contributed by atoms with van der Waals surface area (Å²) in [5.74, 6) is 7.72. The van der Waals surface area contributed by atoms with Gasteiger partial charge in [-0.1, -0.05) is 20.8 Å². The van der Waals surface area contributed by atoms with Crippen LogP contribution in [0.2, 0.25) is 0 Å².